The molecule has 1 aliphatic rings. The van der Waals surface area contributed by atoms with E-state index in [9.17, 15) is 27.2 Å². The lowest BCUT2D eigenvalue weighted by Gasteiger charge is -2.36. The summed E-state index contributed by atoms with van der Waals surface area (Å²) in [5.74, 6) is -0.417. The summed E-state index contributed by atoms with van der Waals surface area (Å²) in [7, 11) is 0. The molecule has 0 bridgehead atoms. The number of amides is 1. The zero-order chi connectivity index (χ0) is 31.9. The van der Waals surface area contributed by atoms with Gasteiger partial charge in [0, 0.05) is 43.8 Å². The largest absolute Gasteiger partial charge is 0.480 e. The van der Waals surface area contributed by atoms with Crippen LogP contribution in [0.15, 0.2) is 77.7 Å². The lowest BCUT2D eigenvalue weighted by molar-refractivity contribution is -0.137. The molecule has 4 heterocycles. The average molecular weight is 621 g/mol. The van der Waals surface area contributed by atoms with Crippen molar-refractivity contribution >= 4 is 17.2 Å². The Morgan fingerprint density at radius 2 is 1.67 bits per heavy atom. The fourth-order valence-corrected chi connectivity index (χ4v) is 5.41. The van der Waals surface area contributed by atoms with E-state index in [0.29, 0.717) is 54.5 Å². The highest BCUT2D eigenvalue weighted by Crippen LogP contribution is 2.32. The topological polar surface area (TPSA) is 85.0 Å². The Balaban J connectivity index is 1.16. The molecule has 1 amide bonds. The number of alkyl halides is 3. The van der Waals surface area contributed by atoms with Gasteiger partial charge in [-0.1, -0.05) is 6.07 Å². The Morgan fingerprint density at radius 1 is 0.933 bits per heavy atom. The number of anilines is 1. The number of aromatic nitrogens is 4. The summed E-state index contributed by atoms with van der Waals surface area (Å²) in [6.07, 6.45) is -2.88. The van der Waals surface area contributed by atoms with Crippen molar-refractivity contribution in [2.24, 2.45) is 0 Å². The van der Waals surface area contributed by atoms with Crippen LogP contribution in [0.25, 0.3) is 22.6 Å². The van der Waals surface area contributed by atoms with Gasteiger partial charge in [0.15, 0.2) is 18.0 Å². The smallest absolute Gasteiger partial charge is 0.416 e. The molecule has 0 N–H and O–H groups in total. The van der Waals surface area contributed by atoms with Crippen LogP contribution in [0.4, 0.5) is 23.2 Å². The van der Waals surface area contributed by atoms with Gasteiger partial charge in [-0.15, -0.1) is 0 Å². The van der Waals surface area contributed by atoms with Crippen molar-refractivity contribution in [1.29, 1.82) is 0 Å². The first-order chi connectivity index (χ1) is 21.5. The predicted molar refractivity (Wildman–Crippen MR) is 159 cm³/mol. The molecule has 45 heavy (non-hydrogen) atoms. The Morgan fingerprint density at radius 3 is 2.38 bits per heavy atom. The van der Waals surface area contributed by atoms with Crippen molar-refractivity contribution < 1.29 is 27.1 Å². The van der Waals surface area contributed by atoms with Gasteiger partial charge in [-0.05, 0) is 74.5 Å². The SMILES string of the molecule is Cc1nc2c(OCC(=O)N3CCN(c4cccc(C(F)(F)F)c4)CC3)cccn2c(=O)c1-c1cc(C)n(-c2ccc(F)cc2)n1. The monoisotopic (exact) mass is 620 g/mol. The number of hydrogen-bond acceptors (Lipinski definition) is 6. The number of nitrogens with zero attached hydrogens (tertiary/aromatic N) is 6. The summed E-state index contributed by atoms with van der Waals surface area (Å²) in [5.41, 5.74) is 2.10. The van der Waals surface area contributed by atoms with E-state index in [0.717, 1.165) is 17.8 Å². The Labute approximate surface area is 254 Å². The average Bonchev–Trinajstić information content (AvgIpc) is 3.40. The lowest BCUT2D eigenvalue weighted by atomic mass is 10.1. The Bertz CT molecular complexity index is 1940. The van der Waals surface area contributed by atoms with E-state index in [1.54, 1.807) is 59.1 Å². The van der Waals surface area contributed by atoms with Crippen molar-refractivity contribution in [3.8, 4) is 22.7 Å². The molecular weight excluding hydrogens is 592 g/mol. The van der Waals surface area contributed by atoms with E-state index in [2.05, 4.69) is 10.1 Å². The van der Waals surface area contributed by atoms with Crippen LogP contribution in [-0.4, -0.2) is 62.8 Å². The predicted octanol–water partition coefficient (Wildman–Crippen LogP) is 5.05. The van der Waals surface area contributed by atoms with Gasteiger partial charge in [-0.2, -0.15) is 18.3 Å². The summed E-state index contributed by atoms with van der Waals surface area (Å²) in [6, 6.07) is 16.0. The Hall–Kier alpha value is -5.20. The van der Waals surface area contributed by atoms with Crippen LogP contribution >= 0.6 is 0 Å². The minimum Gasteiger partial charge on any atom is -0.480 e. The highest BCUT2D eigenvalue weighted by atomic mass is 19.4. The quantitative estimate of drug-likeness (QED) is 0.247. The van der Waals surface area contributed by atoms with Crippen molar-refractivity contribution in [3.05, 3.63) is 106 Å². The fraction of sp³-hybridized carbons (Fsp3) is 0.250. The van der Waals surface area contributed by atoms with E-state index in [1.807, 2.05) is 11.8 Å². The number of pyridine rings is 1. The molecule has 0 spiro atoms. The highest BCUT2D eigenvalue weighted by molar-refractivity contribution is 5.78. The van der Waals surface area contributed by atoms with Gasteiger partial charge in [0.25, 0.3) is 11.5 Å². The number of carbonyl (C=O) groups excluding carboxylic acids is 1. The maximum Gasteiger partial charge on any atom is 0.416 e. The minimum atomic E-state index is -4.43. The molecule has 0 radical (unpaired) electrons. The molecular formula is C32H28F4N6O3. The van der Waals surface area contributed by atoms with Crippen molar-refractivity contribution in [2.75, 3.05) is 37.7 Å². The van der Waals surface area contributed by atoms with Gasteiger partial charge >= 0.3 is 6.18 Å². The number of aryl methyl sites for hydroxylation is 2. The first-order valence-corrected chi connectivity index (χ1v) is 14.2. The van der Waals surface area contributed by atoms with Gasteiger partial charge < -0.3 is 14.5 Å². The number of piperazine rings is 1. The summed E-state index contributed by atoms with van der Waals surface area (Å²) in [6.45, 7) is 4.59. The number of ether oxygens (including phenoxy) is 1. The molecule has 2 aromatic carbocycles. The second-order valence-electron chi connectivity index (χ2n) is 10.7. The van der Waals surface area contributed by atoms with Crippen LogP contribution < -0.4 is 15.2 Å². The summed E-state index contributed by atoms with van der Waals surface area (Å²) >= 11 is 0. The van der Waals surface area contributed by atoms with Crippen LogP contribution in [0, 0.1) is 19.7 Å². The van der Waals surface area contributed by atoms with E-state index >= 15 is 0 Å². The van der Waals surface area contributed by atoms with Crippen LogP contribution in [-0.2, 0) is 11.0 Å². The third-order valence-corrected chi connectivity index (χ3v) is 7.74. The number of hydrogen-bond donors (Lipinski definition) is 0. The molecule has 6 rings (SSSR count). The second kappa shape index (κ2) is 11.7. The molecule has 0 aliphatic carbocycles. The standard InChI is InChI=1S/C32H28F4N6O3/c1-20-17-26(38-42(20)24-10-8-23(33)9-11-24)29-21(2)37-30-27(7-4-12-41(30)31(29)44)45-19-28(43)40-15-13-39(14-16-40)25-6-3-5-22(18-25)32(34,35)36/h3-12,17-18H,13-16,19H2,1-2H3. The van der Waals surface area contributed by atoms with E-state index in [-0.39, 0.29) is 35.3 Å². The van der Waals surface area contributed by atoms with Gasteiger partial charge in [0.1, 0.15) is 11.5 Å². The molecule has 9 nitrogen and oxygen atoms in total. The van der Waals surface area contributed by atoms with Crippen molar-refractivity contribution in [2.45, 2.75) is 20.0 Å². The zero-order valence-electron chi connectivity index (χ0n) is 24.4. The molecule has 1 aliphatic heterocycles. The van der Waals surface area contributed by atoms with Crippen LogP contribution in [0.1, 0.15) is 17.0 Å². The molecule has 0 saturated carbocycles. The van der Waals surface area contributed by atoms with Crippen molar-refractivity contribution in [3.63, 3.8) is 0 Å². The Kier molecular flexibility index (Phi) is 7.77. The van der Waals surface area contributed by atoms with Gasteiger partial charge in [0.2, 0.25) is 0 Å². The third kappa shape index (κ3) is 5.97. The molecule has 3 aromatic heterocycles. The molecule has 0 atom stereocenters. The number of halogens is 4. The second-order valence-corrected chi connectivity index (χ2v) is 10.7. The molecule has 232 valence electrons. The molecule has 1 saturated heterocycles. The van der Waals surface area contributed by atoms with Gasteiger partial charge in [-0.25, -0.2) is 14.1 Å². The molecule has 1 fully saturated rings. The van der Waals surface area contributed by atoms with Crippen molar-refractivity contribution in [1.82, 2.24) is 24.1 Å². The lowest BCUT2D eigenvalue weighted by Crippen LogP contribution is -2.50. The summed E-state index contributed by atoms with van der Waals surface area (Å²) < 4.78 is 61.6. The van der Waals surface area contributed by atoms with E-state index in [1.165, 1.54) is 22.6 Å². The maximum absolute atomic E-state index is 13.6. The molecule has 13 heteroatoms. The first-order valence-electron chi connectivity index (χ1n) is 14.2. The number of fused-ring (bicyclic) bond motifs is 1. The van der Waals surface area contributed by atoms with Crippen LogP contribution in [0.5, 0.6) is 5.75 Å². The van der Waals surface area contributed by atoms with E-state index in [4.69, 9.17) is 4.74 Å². The minimum absolute atomic E-state index is 0.237. The normalized spacial score (nSPS) is 13.8. The number of carbonyl (C=O) groups is 1. The molecule has 0 unspecified atom stereocenters. The van der Waals surface area contributed by atoms with Crippen LogP contribution in [0.2, 0.25) is 0 Å². The number of benzene rings is 2. The fourth-order valence-electron chi connectivity index (χ4n) is 5.41. The first kappa shape index (κ1) is 29.9. The number of rotatable bonds is 6. The van der Waals surface area contributed by atoms with Gasteiger partial charge in [0.05, 0.1) is 22.5 Å². The third-order valence-electron chi connectivity index (χ3n) is 7.74. The van der Waals surface area contributed by atoms with E-state index < -0.39 is 11.7 Å². The van der Waals surface area contributed by atoms with Crippen LogP contribution in [0.3, 0.4) is 0 Å². The molecule has 5 aromatic rings. The maximum atomic E-state index is 13.6. The highest BCUT2D eigenvalue weighted by Gasteiger charge is 2.31. The summed E-state index contributed by atoms with van der Waals surface area (Å²) in [5, 5.41) is 4.59. The van der Waals surface area contributed by atoms with Gasteiger partial charge in [-0.3, -0.25) is 14.0 Å². The zero-order valence-corrected chi connectivity index (χ0v) is 24.4. The summed E-state index contributed by atoms with van der Waals surface area (Å²) in [4.78, 5) is 34.7.